The van der Waals surface area contributed by atoms with E-state index in [1.807, 2.05) is 36.9 Å². The average molecular weight is 224 g/mol. The van der Waals surface area contributed by atoms with Gasteiger partial charge in [0, 0.05) is 27.0 Å². The maximum Gasteiger partial charge on any atom is 0.284 e. The first-order valence-corrected chi connectivity index (χ1v) is 5.05. The van der Waals surface area contributed by atoms with Crippen LogP contribution in [0.25, 0.3) is 0 Å². The van der Waals surface area contributed by atoms with Gasteiger partial charge in [-0.05, 0) is 12.1 Å². The lowest BCUT2D eigenvalue weighted by Crippen LogP contribution is -2.36. The smallest absolute Gasteiger partial charge is 0.284 e. The molecular weight excluding hydrogens is 206 g/mol. The van der Waals surface area contributed by atoms with Crippen molar-refractivity contribution in [3.8, 4) is 0 Å². The van der Waals surface area contributed by atoms with Crippen molar-refractivity contribution < 1.29 is 14.2 Å². The van der Waals surface area contributed by atoms with E-state index >= 15 is 0 Å². The maximum atomic E-state index is 5.16. The van der Waals surface area contributed by atoms with Crippen LogP contribution in [0, 0.1) is 6.54 Å². The minimum Gasteiger partial charge on any atom is -0.380 e. The molecule has 0 aliphatic heterocycles. The Balaban J connectivity index is 2.39. The van der Waals surface area contributed by atoms with Crippen molar-refractivity contribution in [2.45, 2.75) is 12.4 Å². The summed E-state index contributed by atoms with van der Waals surface area (Å²) in [4.78, 5) is 0. The molecule has 0 amide bonds. The second kappa shape index (κ2) is 6.48. The van der Waals surface area contributed by atoms with E-state index in [9.17, 15) is 0 Å². The van der Waals surface area contributed by atoms with Gasteiger partial charge in [-0.1, -0.05) is 18.2 Å². The van der Waals surface area contributed by atoms with E-state index < -0.39 is 5.97 Å². The molecule has 0 heterocycles. The number of rotatable bonds is 7. The number of hydrogen-bond acceptors (Lipinski definition) is 4. The van der Waals surface area contributed by atoms with Gasteiger partial charge in [-0.3, -0.25) is 0 Å². The van der Waals surface area contributed by atoms with Gasteiger partial charge in [0.15, 0.2) is 0 Å². The van der Waals surface area contributed by atoms with Gasteiger partial charge in [0.05, 0.1) is 13.0 Å². The molecule has 0 saturated heterocycles. The van der Waals surface area contributed by atoms with E-state index in [1.165, 1.54) is 0 Å². The highest BCUT2D eigenvalue weighted by molar-refractivity contribution is 5.43. The summed E-state index contributed by atoms with van der Waals surface area (Å²) in [6.07, 6.45) is 0.478. The maximum absolute atomic E-state index is 5.16. The number of methoxy groups -OCH3 is 3. The third-order valence-electron chi connectivity index (χ3n) is 2.33. The van der Waals surface area contributed by atoms with Crippen LogP contribution < -0.4 is 5.32 Å². The van der Waals surface area contributed by atoms with Crippen LogP contribution in [0.3, 0.4) is 0 Å². The Morgan fingerprint density at radius 1 is 1.06 bits per heavy atom. The van der Waals surface area contributed by atoms with Crippen molar-refractivity contribution in [2.75, 3.05) is 26.6 Å². The molecule has 1 aromatic rings. The Bertz CT molecular complexity index is 277. The van der Waals surface area contributed by atoms with E-state index in [0.29, 0.717) is 6.42 Å². The minimum absolute atomic E-state index is 0.478. The Morgan fingerprint density at radius 3 is 2.12 bits per heavy atom. The quantitative estimate of drug-likeness (QED) is 0.721. The molecule has 0 aromatic heterocycles. The van der Waals surface area contributed by atoms with Gasteiger partial charge >= 0.3 is 0 Å². The van der Waals surface area contributed by atoms with Crippen LogP contribution in [0.1, 0.15) is 6.42 Å². The Labute approximate surface area is 96.5 Å². The summed E-state index contributed by atoms with van der Waals surface area (Å²) < 4.78 is 15.5. The van der Waals surface area contributed by atoms with Crippen LogP contribution in [-0.2, 0) is 14.2 Å². The van der Waals surface area contributed by atoms with Crippen LogP contribution in [0.2, 0.25) is 0 Å². The normalized spacial score (nSPS) is 11.4. The van der Waals surface area contributed by atoms with E-state index in [-0.39, 0.29) is 0 Å². The summed E-state index contributed by atoms with van der Waals surface area (Å²) in [5.41, 5.74) is 1.01. The van der Waals surface area contributed by atoms with Crippen LogP contribution in [0.4, 0.5) is 5.69 Å². The van der Waals surface area contributed by atoms with Gasteiger partial charge in [0.25, 0.3) is 5.97 Å². The summed E-state index contributed by atoms with van der Waals surface area (Å²) in [7, 11) is 4.63. The van der Waals surface area contributed by atoms with Crippen molar-refractivity contribution in [3.05, 3.63) is 36.9 Å². The monoisotopic (exact) mass is 224 g/mol. The molecule has 0 spiro atoms. The highest BCUT2D eigenvalue weighted by Crippen LogP contribution is 2.19. The van der Waals surface area contributed by atoms with Crippen molar-refractivity contribution >= 4 is 5.69 Å². The molecule has 0 unspecified atom stereocenters. The summed E-state index contributed by atoms with van der Waals surface area (Å²) in [5, 5.41) is 3.14. The molecule has 0 fully saturated rings. The van der Waals surface area contributed by atoms with Crippen molar-refractivity contribution in [1.82, 2.24) is 0 Å². The van der Waals surface area contributed by atoms with E-state index in [0.717, 1.165) is 5.69 Å². The number of anilines is 1. The first-order valence-electron chi connectivity index (χ1n) is 5.05. The number of para-hydroxylation sites is 1. The molecule has 89 valence electrons. The zero-order valence-electron chi connectivity index (χ0n) is 9.90. The van der Waals surface area contributed by atoms with Gasteiger partial charge < -0.3 is 19.5 Å². The second-order valence-corrected chi connectivity index (χ2v) is 3.21. The lowest BCUT2D eigenvalue weighted by Gasteiger charge is -2.28. The Hall–Kier alpha value is -1.10. The van der Waals surface area contributed by atoms with Crippen LogP contribution in [0.15, 0.2) is 30.3 Å². The zero-order valence-corrected chi connectivity index (χ0v) is 9.90. The number of nitrogens with one attached hydrogen (secondary N) is 1. The van der Waals surface area contributed by atoms with Gasteiger partial charge in [-0.25, -0.2) is 0 Å². The predicted molar refractivity (Wildman–Crippen MR) is 62.7 cm³/mol. The molecule has 0 saturated carbocycles. The summed E-state index contributed by atoms with van der Waals surface area (Å²) in [6, 6.07) is 9.85. The number of ether oxygens (including phenoxy) is 3. The third kappa shape index (κ3) is 3.48. The molecule has 16 heavy (non-hydrogen) atoms. The van der Waals surface area contributed by atoms with Crippen LogP contribution in [-0.4, -0.2) is 27.3 Å². The highest BCUT2D eigenvalue weighted by atomic mass is 16.9. The lowest BCUT2D eigenvalue weighted by molar-refractivity contribution is -0.351. The van der Waals surface area contributed by atoms with Crippen molar-refractivity contribution in [1.29, 1.82) is 0 Å². The molecule has 4 heteroatoms. The first kappa shape index (κ1) is 13.0. The largest absolute Gasteiger partial charge is 0.380 e. The predicted octanol–water partition coefficient (Wildman–Crippen LogP) is 2.24. The SMILES string of the molecule is COC(C[CH]Nc1ccccc1)(OC)OC. The number of hydrogen-bond donors (Lipinski definition) is 1. The van der Waals surface area contributed by atoms with E-state index in [1.54, 1.807) is 21.3 Å². The first-order chi connectivity index (χ1) is 7.76. The molecule has 4 nitrogen and oxygen atoms in total. The van der Waals surface area contributed by atoms with Gasteiger partial charge in [-0.15, -0.1) is 0 Å². The Morgan fingerprint density at radius 2 is 1.62 bits per heavy atom. The molecule has 0 bridgehead atoms. The molecule has 0 aliphatic carbocycles. The molecule has 0 atom stereocenters. The fourth-order valence-corrected chi connectivity index (χ4v) is 1.33. The number of benzene rings is 1. The van der Waals surface area contributed by atoms with E-state index in [2.05, 4.69) is 5.32 Å². The topological polar surface area (TPSA) is 39.7 Å². The van der Waals surface area contributed by atoms with Gasteiger partial charge in [-0.2, -0.15) is 0 Å². The zero-order chi connectivity index (χ0) is 11.9. The van der Waals surface area contributed by atoms with Crippen molar-refractivity contribution in [2.24, 2.45) is 0 Å². The molecule has 0 aliphatic rings. The Kier molecular flexibility index (Phi) is 5.25. The van der Waals surface area contributed by atoms with Crippen LogP contribution in [0.5, 0.6) is 0 Å². The summed E-state index contributed by atoms with van der Waals surface area (Å²) in [5.74, 6) is -1.01. The second-order valence-electron chi connectivity index (χ2n) is 3.21. The van der Waals surface area contributed by atoms with Crippen molar-refractivity contribution in [3.63, 3.8) is 0 Å². The molecule has 1 aromatic carbocycles. The van der Waals surface area contributed by atoms with E-state index in [4.69, 9.17) is 14.2 Å². The third-order valence-corrected chi connectivity index (χ3v) is 2.33. The standard InChI is InChI=1S/C12H18NO3/c1-14-12(15-2,16-3)9-10-13-11-7-5-4-6-8-11/h4-8,10,13H,9H2,1-3H3. The summed E-state index contributed by atoms with van der Waals surface area (Å²) in [6.45, 7) is 1.84. The lowest BCUT2D eigenvalue weighted by atomic mass is 10.3. The molecular formula is C12H18NO3. The molecule has 1 rings (SSSR count). The molecule has 1 N–H and O–H groups in total. The fourth-order valence-electron chi connectivity index (χ4n) is 1.33. The summed E-state index contributed by atoms with van der Waals surface area (Å²) >= 11 is 0. The average Bonchev–Trinajstić information content (AvgIpc) is 2.37. The molecule has 1 radical (unpaired) electrons. The highest BCUT2D eigenvalue weighted by Gasteiger charge is 2.28. The van der Waals surface area contributed by atoms with Crippen LogP contribution >= 0.6 is 0 Å². The van der Waals surface area contributed by atoms with Gasteiger partial charge in [0.1, 0.15) is 0 Å². The fraction of sp³-hybridized carbons (Fsp3) is 0.417. The van der Waals surface area contributed by atoms with Gasteiger partial charge in [0.2, 0.25) is 0 Å². The minimum atomic E-state index is -1.01.